The largest absolute Gasteiger partial charge is 0.492 e. The number of amides is 1. The molecule has 224 valence electrons. The van der Waals surface area contributed by atoms with Gasteiger partial charge in [-0.1, -0.05) is 48.5 Å². The van der Waals surface area contributed by atoms with E-state index < -0.39 is 27.8 Å². The van der Waals surface area contributed by atoms with E-state index in [1.54, 1.807) is 13.2 Å². The molecule has 1 aliphatic rings. The molecule has 10 heteroatoms. The Bertz CT molecular complexity index is 1490. The van der Waals surface area contributed by atoms with E-state index in [2.05, 4.69) is 10.2 Å². The number of carboxylic acids is 1. The first-order chi connectivity index (χ1) is 20.0. The summed E-state index contributed by atoms with van der Waals surface area (Å²) in [5.41, 5.74) is 3.80. The summed E-state index contributed by atoms with van der Waals surface area (Å²) in [5, 5.41) is 12.2. The lowest BCUT2D eigenvalue weighted by Gasteiger charge is -2.25. The molecule has 2 N–H and O–H groups in total. The van der Waals surface area contributed by atoms with Crippen LogP contribution in [0.5, 0.6) is 5.75 Å². The molecule has 0 aliphatic carbocycles. The van der Waals surface area contributed by atoms with E-state index in [1.807, 2.05) is 73.7 Å². The highest BCUT2D eigenvalue weighted by Gasteiger charge is 2.33. The average molecular weight is 595 g/mol. The van der Waals surface area contributed by atoms with Crippen molar-refractivity contribution in [1.29, 1.82) is 0 Å². The second-order valence-electron chi connectivity index (χ2n) is 10.8. The van der Waals surface area contributed by atoms with Gasteiger partial charge < -0.3 is 19.9 Å². The minimum atomic E-state index is -3.39. The van der Waals surface area contributed by atoms with Crippen LogP contribution in [0.1, 0.15) is 34.3 Å². The fourth-order valence-corrected chi connectivity index (χ4v) is 5.89. The number of hydrogen-bond acceptors (Lipinski definition) is 7. The van der Waals surface area contributed by atoms with Crippen molar-refractivity contribution in [3.8, 4) is 16.9 Å². The number of ether oxygens (including phenoxy) is 2. The van der Waals surface area contributed by atoms with E-state index in [4.69, 9.17) is 9.47 Å². The third-order valence-electron chi connectivity index (χ3n) is 7.54. The number of aryl methyl sites for hydroxylation is 1. The van der Waals surface area contributed by atoms with Crippen LogP contribution >= 0.6 is 0 Å². The van der Waals surface area contributed by atoms with Gasteiger partial charge in [-0.3, -0.25) is 9.69 Å². The highest BCUT2D eigenvalue weighted by Crippen LogP contribution is 2.30. The van der Waals surface area contributed by atoms with Crippen molar-refractivity contribution in [2.45, 2.75) is 44.5 Å². The lowest BCUT2D eigenvalue weighted by Crippen LogP contribution is -2.42. The Kier molecular flexibility index (Phi) is 10.4. The maximum Gasteiger partial charge on any atom is 0.326 e. The van der Waals surface area contributed by atoms with Crippen LogP contribution in [0.3, 0.4) is 0 Å². The summed E-state index contributed by atoms with van der Waals surface area (Å²) in [5.74, 6) is -1.39. The van der Waals surface area contributed by atoms with Gasteiger partial charge in [0.2, 0.25) is 0 Å². The number of carboxylic acid groups (broad SMARTS) is 1. The summed E-state index contributed by atoms with van der Waals surface area (Å²) < 4.78 is 35.0. The van der Waals surface area contributed by atoms with Gasteiger partial charge in [-0.05, 0) is 66.3 Å². The average Bonchev–Trinajstić information content (AvgIpc) is 3.35. The molecule has 42 heavy (non-hydrogen) atoms. The topological polar surface area (TPSA) is 122 Å². The quantitative estimate of drug-likeness (QED) is 0.305. The van der Waals surface area contributed by atoms with Gasteiger partial charge in [0.25, 0.3) is 5.91 Å². The van der Waals surface area contributed by atoms with E-state index in [-0.39, 0.29) is 24.3 Å². The third-order valence-corrected chi connectivity index (χ3v) is 8.52. The van der Waals surface area contributed by atoms with Gasteiger partial charge in [0.05, 0.1) is 11.9 Å². The Labute approximate surface area is 247 Å². The van der Waals surface area contributed by atoms with E-state index >= 15 is 0 Å². The second kappa shape index (κ2) is 14.0. The monoisotopic (exact) mass is 594 g/mol. The fourth-order valence-electron chi connectivity index (χ4n) is 5.23. The minimum Gasteiger partial charge on any atom is -0.492 e. The summed E-state index contributed by atoms with van der Waals surface area (Å²) in [6, 6.07) is 21.7. The van der Waals surface area contributed by atoms with Gasteiger partial charge >= 0.3 is 5.97 Å². The van der Waals surface area contributed by atoms with Crippen LogP contribution in [0.4, 0.5) is 0 Å². The Morgan fingerprint density at radius 1 is 1.05 bits per heavy atom. The van der Waals surface area contributed by atoms with Crippen molar-refractivity contribution in [3.63, 3.8) is 0 Å². The predicted molar refractivity (Wildman–Crippen MR) is 161 cm³/mol. The molecule has 9 nitrogen and oxygen atoms in total. The van der Waals surface area contributed by atoms with Crippen LogP contribution in [-0.2, 0) is 25.9 Å². The van der Waals surface area contributed by atoms with Crippen LogP contribution in [0, 0.1) is 6.92 Å². The SMILES string of the molecule is COC1C[C@H](COc2ccccc2)N(Cc2ccc(C(=O)N[C@@H](CCS(C)(=O)=O)C(=O)O)c(-c3ccccc3C)c2)C1. The summed E-state index contributed by atoms with van der Waals surface area (Å²) >= 11 is 0. The Morgan fingerprint density at radius 2 is 1.76 bits per heavy atom. The zero-order valence-electron chi connectivity index (χ0n) is 24.2. The summed E-state index contributed by atoms with van der Waals surface area (Å²) in [6.45, 7) is 3.81. The Hall–Kier alpha value is -3.73. The third kappa shape index (κ3) is 8.40. The number of benzene rings is 3. The van der Waals surface area contributed by atoms with Crippen molar-refractivity contribution in [2.75, 3.05) is 32.3 Å². The first-order valence-electron chi connectivity index (χ1n) is 13.9. The molecule has 1 amide bonds. The summed E-state index contributed by atoms with van der Waals surface area (Å²) in [7, 11) is -1.68. The van der Waals surface area contributed by atoms with Gasteiger partial charge in [0.1, 0.15) is 28.2 Å². The number of likely N-dealkylation sites (tertiary alicyclic amines) is 1. The highest BCUT2D eigenvalue weighted by atomic mass is 32.2. The molecule has 1 fully saturated rings. The minimum absolute atomic E-state index is 0.0788. The van der Waals surface area contributed by atoms with Crippen LogP contribution in [0.2, 0.25) is 0 Å². The maximum atomic E-state index is 13.4. The maximum absolute atomic E-state index is 13.4. The summed E-state index contributed by atoms with van der Waals surface area (Å²) in [4.78, 5) is 27.6. The smallest absolute Gasteiger partial charge is 0.326 e. The van der Waals surface area contributed by atoms with Crippen molar-refractivity contribution < 1.29 is 32.6 Å². The van der Waals surface area contributed by atoms with Crippen LogP contribution in [0.15, 0.2) is 72.8 Å². The predicted octanol–water partition coefficient (Wildman–Crippen LogP) is 3.95. The van der Waals surface area contributed by atoms with Crippen molar-refractivity contribution >= 4 is 21.7 Å². The molecule has 0 spiro atoms. The van der Waals surface area contributed by atoms with Crippen LogP contribution in [0.25, 0.3) is 11.1 Å². The standard InChI is InChI=1S/C32H38N2O7S/c1-22-9-7-8-12-27(22)29-17-23(13-14-28(29)31(35)33-30(32(36)37)15-16-42(3,38)39)19-34-20-26(40-2)18-24(34)21-41-25-10-5-4-6-11-25/h4-14,17,24,26,30H,15-16,18-21H2,1-3H3,(H,33,35)(H,36,37)/t24-,26?,30+/m1/s1. The Balaban J connectivity index is 1.59. The number of rotatable bonds is 13. The summed E-state index contributed by atoms with van der Waals surface area (Å²) in [6.07, 6.45) is 1.73. The van der Waals surface area contributed by atoms with Crippen molar-refractivity contribution in [1.82, 2.24) is 10.2 Å². The number of nitrogens with zero attached hydrogens (tertiary/aromatic N) is 1. The van der Waals surface area contributed by atoms with Crippen molar-refractivity contribution in [3.05, 3.63) is 89.5 Å². The number of carbonyl (C=O) groups is 2. The molecule has 0 radical (unpaired) electrons. The van der Waals surface area contributed by atoms with Gasteiger partial charge in [-0.15, -0.1) is 0 Å². The first-order valence-corrected chi connectivity index (χ1v) is 15.9. The van der Waals surface area contributed by atoms with E-state index in [0.29, 0.717) is 24.3 Å². The zero-order chi connectivity index (χ0) is 30.3. The van der Waals surface area contributed by atoms with E-state index in [9.17, 15) is 23.1 Å². The first kappa shape index (κ1) is 31.2. The fraction of sp³-hybridized carbons (Fsp3) is 0.375. The molecule has 1 heterocycles. The van der Waals surface area contributed by atoms with Gasteiger partial charge in [-0.25, -0.2) is 13.2 Å². The number of aliphatic carboxylic acids is 1. The highest BCUT2D eigenvalue weighted by molar-refractivity contribution is 7.90. The molecule has 3 aromatic carbocycles. The number of carbonyl (C=O) groups excluding carboxylic acids is 1. The zero-order valence-corrected chi connectivity index (χ0v) is 25.0. The van der Waals surface area contributed by atoms with Crippen LogP contribution < -0.4 is 10.1 Å². The molecule has 0 saturated carbocycles. The molecule has 3 atom stereocenters. The number of hydrogen-bond donors (Lipinski definition) is 2. The molecule has 1 unspecified atom stereocenters. The number of methoxy groups -OCH3 is 1. The molecule has 4 rings (SSSR count). The lowest BCUT2D eigenvalue weighted by molar-refractivity contribution is -0.139. The molecule has 0 aromatic heterocycles. The van der Waals surface area contributed by atoms with E-state index in [1.165, 1.54) is 0 Å². The molecule has 3 aromatic rings. The van der Waals surface area contributed by atoms with Crippen molar-refractivity contribution in [2.24, 2.45) is 0 Å². The van der Waals surface area contributed by atoms with Gasteiger partial charge in [0.15, 0.2) is 0 Å². The molecule has 0 bridgehead atoms. The second-order valence-corrected chi connectivity index (χ2v) is 13.0. The molecule has 1 saturated heterocycles. The molecular weight excluding hydrogens is 556 g/mol. The lowest BCUT2D eigenvalue weighted by atomic mass is 9.93. The Morgan fingerprint density at radius 3 is 2.43 bits per heavy atom. The van der Waals surface area contributed by atoms with Gasteiger partial charge in [0, 0.05) is 38.1 Å². The van der Waals surface area contributed by atoms with E-state index in [0.717, 1.165) is 41.7 Å². The van der Waals surface area contributed by atoms with Gasteiger partial charge in [-0.2, -0.15) is 0 Å². The number of nitrogens with one attached hydrogen (secondary N) is 1. The number of sulfone groups is 1. The van der Waals surface area contributed by atoms with Crippen LogP contribution in [-0.4, -0.2) is 80.8 Å². The molecule has 1 aliphatic heterocycles. The molecular formula is C32H38N2O7S. The normalized spacial score (nSPS) is 18.0. The number of para-hydroxylation sites is 1.